The van der Waals surface area contributed by atoms with E-state index in [9.17, 15) is 4.79 Å². The van der Waals surface area contributed by atoms with Crippen molar-refractivity contribution in [3.8, 4) is 0 Å². The monoisotopic (exact) mass is 292 g/mol. The van der Waals surface area contributed by atoms with Crippen LogP contribution in [0.5, 0.6) is 0 Å². The predicted molar refractivity (Wildman–Crippen MR) is 73.6 cm³/mol. The van der Waals surface area contributed by atoms with Crippen molar-refractivity contribution in [2.45, 2.75) is 32.7 Å². The lowest BCUT2D eigenvalue weighted by Crippen LogP contribution is -2.41. The van der Waals surface area contributed by atoms with Gasteiger partial charge in [0.2, 0.25) is 0 Å². The standard InChI is InChI=1S/C12H16N6OS/c1-8-14-9(2)18(15-8)10-4-3-5-17(7-10)12(19)11-6-13-16-20-11/h6,10H,3-5,7H2,1-2H3/t10-/m0/s1. The number of hydrogen-bond acceptors (Lipinski definition) is 6. The van der Waals surface area contributed by atoms with Crippen molar-refractivity contribution < 1.29 is 4.79 Å². The first-order chi connectivity index (χ1) is 9.65. The third-order valence-electron chi connectivity index (χ3n) is 3.51. The number of amides is 1. The van der Waals surface area contributed by atoms with Crippen LogP contribution >= 0.6 is 11.5 Å². The van der Waals surface area contributed by atoms with Gasteiger partial charge in [0.15, 0.2) is 0 Å². The van der Waals surface area contributed by atoms with Gasteiger partial charge in [0.1, 0.15) is 16.5 Å². The van der Waals surface area contributed by atoms with Gasteiger partial charge in [-0.15, -0.1) is 5.10 Å². The van der Waals surface area contributed by atoms with Gasteiger partial charge in [-0.2, -0.15) is 5.10 Å². The molecule has 1 amide bonds. The Bertz CT molecular complexity index is 608. The van der Waals surface area contributed by atoms with E-state index >= 15 is 0 Å². The Morgan fingerprint density at radius 2 is 2.30 bits per heavy atom. The number of carbonyl (C=O) groups excluding carboxylic acids is 1. The summed E-state index contributed by atoms with van der Waals surface area (Å²) in [5.74, 6) is 1.69. The van der Waals surface area contributed by atoms with Crippen molar-refractivity contribution >= 4 is 17.4 Å². The second kappa shape index (κ2) is 5.28. The topological polar surface area (TPSA) is 76.8 Å². The highest BCUT2D eigenvalue weighted by Crippen LogP contribution is 2.23. The number of likely N-dealkylation sites (tertiary alicyclic amines) is 1. The van der Waals surface area contributed by atoms with Crippen molar-refractivity contribution in [3.05, 3.63) is 22.7 Å². The first-order valence-corrected chi connectivity index (χ1v) is 7.39. The lowest BCUT2D eigenvalue weighted by Gasteiger charge is -2.32. The molecule has 0 saturated carbocycles. The number of aryl methyl sites for hydroxylation is 2. The third-order valence-corrected chi connectivity index (χ3v) is 4.16. The number of piperidine rings is 1. The van der Waals surface area contributed by atoms with E-state index < -0.39 is 0 Å². The van der Waals surface area contributed by atoms with Crippen molar-refractivity contribution in [2.24, 2.45) is 0 Å². The average molecular weight is 292 g/mol. The molecule has 1 atom stereocenters. The number of carbonyl (C=O) groups is 1. The van der Waals surface area contributed by atoms with Crippen LogP contribution in [0.15, 0.2) is 6.20 Å². The maximum atomic E-state index is 12.3. The van der Waals surface area contributed by atoms with E-state index in [0.29, 0.717) is 11.4 Å². The summed E-state index contributed by atoms with van der Waals surface area (Å²) in [5.41, 5.74) is 0. The van der Waals surface area contributed by atoms with E-state index in [0.717, 1.165) is 42.6 Å². The highest BCUT2D eigenvalue weighted by atomic mass is 32.1. The van der Waals surface area contributed by atoms with E-state index in [1.807, 2.05) is 23.4 Å². The van der Waals surface area contributed by atoms with Crippen LogP contribution in [0.1, 0.15) is 40.2 Å². The summed E-state index contributed by atoms with van der Waals surface area (Å²) >= 11 is 1.14. The molecule has 2 aromatic rings. The van der Waals surface area contributed by atoms with Crippen molar-refractivity contribution in [1.29, 1.82) is 0 Å². The summed E-state index contributed by atoms with van der Waals surface area (Å²) in [6.07, 6.45) is 3.52. The maximum absolute atomic E-state index is 12.3. The normalized spacial score (nSPS) is 19.3. The molecule has 0 unspecified atom stereocenters. The largest absolute Gasteiger partial charge is 0.336 e. The van der Waals surface area contributed by atoms with Crippen molar-refractivity contribution in [1.82, 2.24) is 29.3 Å². The van der Waals surface area contributed by atoms with E-state index in [1.165, 1.54) is 6.20 Å². The zero-order valence-corrected chi connectivity index (χ0v) is 12.3. The molecule has 3 rings (SSSR count). The van der Waals surface area contributed by atoms with Crippen LogP contribution in [-0.2, 0) is 0 Å². The van der Waals surface area contributed by atoms with Gasteiger partial charge in [-0.05, 0) is 38.2 Å². The molecule has 0 aromatic carbocycles. The minimum Gasteiger partial charge on any atom is -0.336 e. The molecule has 0 spiro atoms. The van der Waals surface area contributed by atoms with Gasteiger partial charge in [-0.25, -0.2) is 9.67 Å². The molecule has 106 valence electrons. The first kappa shape index (κ1) is 13.2. The fourth-order valence-electron chi connectivity index (χ4n) is 2.64. The minimum atomic E-state index is 0.0131. The predicted octanol–water partition coefficient (Wildman–Crippen LogP) is 1.22. The Balaban J connectivity index is 1.77. The Kier molecular flexibility index (Phi) is 3.47. The molecule has 1 aliphatic heterocycles. The lowest BCUT2D eigenvalue weighted by molar-refractivity contribution is 0.0676. The zero-order valence-electron chi connectivity index (χ0n) is 11.5. The van der Waals surface area contributed by atoms with Crippen LogP contribution in [0.3, 0.4) is 0 Å². The molecule has 0 N–H and O–H groups in total. The summed E-state index contributed by atoms with van der Waals surface area (Å²) in [6.45, 7) is 5.28. The second-order valence-corrected chi connectivity index (χ2v) is 5.77. The fraction of sp³-hybridized carbons (Fsp3) is 0.583. The summed E-state index contributed by atoms with van der Waals surface area (Å²) < 4.78 is 5.69. The number of aromatic nitrogens is 5. The molecular weight excluding hydrogens is 276 g/mol. The maximum Gasteiger partial charge on any atom is 0.267 e. The van der Waals surface area contributed by atoms with Crippen molar-refractivity contribution in [3.63, 3.8) is 0 Å². The van der Waals surface area contributed by atoms with Crippen LogP contribution < -0.4 is 0 Å². The number of rotatable bonds is 2. The first-order valence-electron chi connectivity index (χ1n) is 6.61. The van der Waals surface area contributed by atoms with Gasteiger partial charge in [0, 0.05) is 13.1 Å². The molecule has 1 aliphatic rings. The van der Waals surface area contributed by atoms with Gasteiger partial charge in [-0.3, -0.25) is 4.79 Å². The highest BCUT2D eigenvalue weighted by Gasteiger charge is 2.27. The Labute approximate surface area is 120 Å². The average Bonchev–Trinajstić information content (AvgIpc) is 3.08. The summed E-state index contributed by atoms with van der Waals surface area (Å²) in [5, 5.41) is 8.16. The molecule has 7 nitrogen and oxygen atoms in total. The van der Waals surface area contributed by atoms with E-state index in [2.05, 4.69) is 19.7 Å². The lowest BCUT2D eigenvalue weighted by atomic mass is 10.1. The van der Waals surface area contributed by atoms with Gasteiger partial charge < -0.3 is 4.90 Å². The fourth-order valence-corrected chi connectivity index (χ4v) is 3.12. The number of hydrogen-bond donors (Lipinski definition) is 0. The van der Waals surface area contributed by atoms with E-state index in [4.69, 9.17) is 0 Å². The minimum absolute atomic E-state index is 0.0131. The molecule has 2 aromatic heterocycles. The molecule has 0 aliphatic carbocycles. The molecule has 3 heterocycles. The molecule has 8 heteroatoms. The van der Waals surface area contributed by atoms with Gasteiger partial charge >= 0.3 is 0 Å². The molecule has 0 radical (unpaired) electrons. The van der Waals surface area contributed by atoms with E-state index in [-0.39, 0.29) is 11.9 Å². The van der Waals surface area contributed by atoms with Crippen LogP contribution in [0.25, 0.3) is 0 Å². The quantitative estimate of drug-likeness (QED) is 0.832. The molecule has 20 heavy (non-hydrogen) atoms. The Morgan fingerprint density at radius 1 is 1.45 bits per heavy atom. The molecular formula is C12H16N6OS. The van der Waals surface area contributed by atoms with Crippen LogP contribution in [0, 0.1) is 13.8 Å². The SMILES string of the molecule is Cc1nc(C)n([C@H]2CCCN(C(=O)c3cnns3)C2)n1. The Morgan fingerprint density at radius 3 is 2.95 bits per heavy atom. The molecule has 1 saturated heterocycles. The van der Waals surface area contributed by atoms with E-state index in [1.54, 1.807) is 0 Å². The molecule has 1 fully saturated rings. The zero-order chi connectivity index (χ0) is 14.1. The summed E-state index contributed by atoms with van der Waals surface area (Å²) in [4.78, 5) is 19.1. The number of nitrogens with zero attached hydrogens (tertiary/aromatic N) is 6. The highest BCUT2D eigenvalue weighted by molar-refractivity contribution is 7.07. The summed E-state index contributed by atoms with van der Waals surface area (Å²) in [7, 11) is 0. The van der Waals surface area contributed by atoms with Gasteiger partial charge in [-0.1, -0.05) is 4.49 Å². The van der Waals surface area contributed by atoms with Gasteiger partial charge in [0.25, 0.3) is 5.91 Å². The Hall–Kier alpha value is -1.83. The van der Waals surface area contributed by atoms with Crippen LogP contribution in [-0.4, -0.2) is 48.2 Å². The summed E-state index contributed by atoms with van der Waals surface area (Å²) in [6, 6.07) is 0.204. The smallest absolute Gasteiger partial charge is 0.267 e. The van der Waals surface area contributed by atoms with Crippen LogP contribution in [0.2, 0.25) is 0 Å². The van der Waals surface area contributed by atoms with Crippen LogP contribution in [0.4, 0.5) is 0 Å². The van der Waals surface area contributed by atoms with Crippen molar-refractivity contribution in [2.75, 3.05) is 13.1 Å². The molecule has 0 bridgehead atoms. The second-order valence-electron chi connectivity index (χ2n) is 4.98. The van der Waals surface area contributed by atoms with Gasteiger partial charge in [0.05, 0.1) is 12.2 Å². The third kappa shape index (κ3) is 2.43.